The van der Waals surface area contributed by atoms with E-state index >= 15 is 0 Å². The van der Waals surface area contributed by atoms with Crippen LogP contribution in [0.2, 0.25) is 0 Å². The molecule has 0 aromatic carbocycles. The summed E-state index contributed by atoms with van der Waals surface area (Å²) >= 11 is 0. The Balaban J connectivity index is 1.79. The van der Waals surface area contributed by atoms with Crippen LogP contribution in [0.4, 0.5) is 0 Å². The number of hydrogen-bond acceptors (Lipinski definition) is 3. The predicted octanol–water partition coefficient (Wildman–Crippen LogP) is 0.756. The van der Waals surface area contributed by atoms with Gasteiger partial charge in [0.15, 0.2) is 0 Å². The molecule has 17 heavy (non-hydrogen) atoms. The van der Waals surface area contributed by atoms with Gasteiger partial charge in [0.25, 0.3) is 0 Å². The minimum absolute atomic E-state index is 0.124. The number of nitrogens with one attached hydrogen (secondary N) is 1. The lowest BCUT2D eigenvalue weighted by molar-refractivity contribution is -0.129. The molecule has 1 saturated heterocycles. The van der Waals surface area contributed by atoms with Crippen molar-refractivity contribution in [3.8, 4) is 0 Å². The number of carbonyl (C=O) groups excluding carboxylic acids is 1. The van der Waals surface area contributed by atoms with Gasteiger partial charge in [0.2, 0.25) is 5.91 Å². The third-order valence-electron chi connectivity index (χ3n) is 2.85. The van der Waals surface area contributed by atoms with Crippen LogP contribution in [0.5, 0.6) is 0 Å². The van der Waals surface area contributed by atoms with Crippen LogP contribution in [0, 0.1) is 0 Å². The molecule has 0 aliphatic carbocycles. The van der Waals surface area contributed by atoms with E-state index in [1.54, 1.807) is 12.3 Å². The van der Waals surface area contributed by atoms with Crippen molar-refractivity contribution in [1.82, 2.24) is 15.1 Å². The summed E-state index contributed by atoms with van der Waals surface area (Å²) in [4.78, 5) is 13.8. The Morgan fingerprint density at radius 2 is 2.65 bits per heavy atom. The molecule has 1 aliphatic heterocycles. The monoisotopic (exact) mass is 235 g/mol. The van der Waals surface area contributed by atoms with E-state index in [1.807, 2.05) is 11.0 Å². The first-order valence-corrected chi connectivity index (χ1v) is 5.78. The molecule has 5 heteroatoms. The Labute approximate surface area is 100 Å². The van der Waals surface area contributed by atoms with Crippen LogP contribution in [-0.4, -0.2) is 46.8 Å². The van der Waals surface area contributed by atoms with E-state index in [2.05, 4.69) is 16.8 Å². The maximum absolute atomic E-state index is 11.9. The first-order chi connectivity index (χ1) is 8.29. The van der Waals surface area contributed by atoms with Crippen LogP contribution < -0.4 is 0 Å². The Bertz CT molecular complexity index is 375. The third-order valence-corrected chi connectivity index (χ3v) is 2.85. The first-order valence-electron chi connectivity index (χ1n) is 5.78. The first kappa shape index (κ1) is 11.9. The Hall–Kier alpha value is -1.62. The molecule has 1 N–H and O–H groups in total. The lowest BCUT2D eigenvalue weighted by atomic mass is 10.3. The molecule has 0 saturated carbocycles. The van der Waals surface area contributed by atoms with Crippen molar-refractivity contribution >= 4 is 5.91 Å². The normalized spacial score (nSPS) is 19.5. The highest BCUT2D eigenvalue weighted by Crippen LogP contribution is 2.14. The molecular weight excluding hydrogens is 218 g/mol. The van der Waals surface area contributed by atoms with E-state index in [1.165, 1.54) is 0 Å². The number of likely N-dealkylation sites (tertiary alicyclic amines) is 1. The lowest BCUT2D eigenvalue weighted by Crippen LogP contribution is -2.31. The second-order valence-corrected chi connectivity index (χ2v) is 4.13. The zero-order valence-corrected chi connectivity index (χ0v) is 9.76. The van der Waals surface area contributed by atoms with Gasteiger partial charge in [-0.3, -0.25) is 9.89 Å². The molecule has 1 aliphatic rings. The van der Waals surface area contributed by atoms with Gasteiger partial charge in [-0.2, -0.15) is 5.10 Å². The summed E-state index contributed by atoms with van der Waals surface area (Å²) in [5.74, 6) is 0.124. The summed E-state index contributed by atoms with van der Waals surface area (Å²) in [6.07, 6.45) is 4.83. The highest BCUT2D eigenvalue weighted by atomic mass is 16.5. The maximum atomic E-state index is 11.9. The average molecular weight is 235 g/mol. The standard InChI is InChI=1S/C12H17N3O2/c1-2-7-17-11-4-6-15(9-11)12(16)8-10-3-5-13-14-10/h2-3,5,11H,1,4,6-9H2,(H,13,14)/t11-/m0/s1. The molecular formula is C12H17N3O2. The number of carbonyl (C=O) groups is 1. The van der Waals surface area contributed by atoms with Crippen LogP contribution in [-0.2, 0) is 16.0 Å². The Morgan fingerprint density at radius 1 is 1.76 bits per heavy atom. The molecule has 1 fully saturated rings. The minimum atomic E-state index is 0.124. The van der Waals surface area contributed by atoms with Gasteiger partial charge in [0.05, 0.1) is 19.1 Å². The molecule has 2 rings (SSSR count). The van der Waals surface area contributed by atoms with Gasteiger partial charge >= 0.3 is 0 Å². The van der Waals surface area contributed by atoms with E-state index < -0.39 is 0 Å². The van der Waals surface area contributed by atoms with E-state index in [0.29, 0.717) is 19.6 Å². The van der Waals surface area contributed by atoms with Crippen LogP contribution >= 0.6 is 0 Å². The van der Waals surface area contributed by atoms with Crippen LogP contribution in [0.1, 0.15) is 12.1 Å². The number of ether oxygens (including phenoxy) is 1. The summed E-state index contributed by atoms with van der Waals surface area (Å²) in [6.45, 7) is 5.61. The predicted molar refractivity (Wildman–Crippen MR) is 63.4 cm³/mol. The Kier molecular flexibility index (Phi) is 3.93. The van der Waals surface area contributed by atoms with Crippen LogP contribution in [0.25, 0.3) is 0 Å². The summed E-state index contributed by atoms with van der Waals surface area (Å²) in [5, 5.41) is 6.62. The molecule has 0 unspecified atom stereocenters. The van der Waals surface area contributed by atoms with E-state index in [0.717, 1.165) is 18.7 Å². The topological polar surface area (TPSA) is 58.2 Å². The third kappa shape index (κ3) is 3.17. The van der Waals surface area contributed by atoms with Crippen molar-refractivity contribution < 1.29 is 9.53 Å². The summed E-state index contributed by atoms with van der Waals surface area (Å²) in [5.41, 5.74) is 0.852. The molecule has 2 heterocycles. The van der Waals surface area contributed by atoms with Gasteiger partial charge in [-0.25, -0.2) is 0 Å². The van der Waals surface area contributed by atoms with Crippen molar-refractivity contribution in [2.75, 3.05) is 19.7 Å². The number of nitrogens with zero attached hydrogens (tertiary/aromatic N) is 2. The van der Waals surface area contributed by atoms with Gasteiger partial charge in [-0.05, 0) is 12.5 Å². The molecule has 0 bridgehead atoms. The molecule has 92 valence electrons. The fourth-order valence-corrected chi connectivity index (χ4v) is 1.95. The van der Waals surface area contributed by atoms with Crippen molar-refractivity contribution in [2.24, 2.45) is 0 Å². The molecule has 0 spiro atoms. The van der Waals surface area contributed by atoms with Crippen LogP contribution in [0.3, 0.4) is 0 Å². The highest BCUT2D eigenvalue weighted by molar-refractivity contribution is 5.78. The molecule has 0 radical (unpaired) electrons. The highest BCUT2D eigenvalue weighted by Gasteiger charge is 2.26. The van der Waals surface area contributed by atoms with Gasteiger partial charge in [0.1, 0.15) is 0 Å². The molecule has 1 aromatic heterocycles. The van der Waals surface area contributed by atoms with E-state index in [-0.39, 0.29) is 12.0 Å². The fourth-order valence-electron chi connectivity index (χ4n) is 1.95. The number of amides is 1. The molecule has 1 atom stereocenters. The zero-order chi connectivity index (χ0) is 12.1. The van der Waals surface area contributed by atoms with E-state index in [9.17, 15) is 4.79 Å². The summed E-state index contributed by atoms with van der Waals surface area (Å²) in [7, 11) is 0. The van der Waals surface area contributed by atoms with Gasteiger partial charge < -0.3 is 9.64 Å². The molecule has 1 aromatic rings. The SMILES string of the molecule is C=CCO[C@H]1CCN(C(=O)Cc2ccn[nH]2)C1. The van der Waals surface area contributed by atoms with Crippen LogP contribution in [0.15, 0.2) is 24.9 Å². The van der Waals surface area contributed by atoms with Crippen molar-refractivity contribution in [3.05, 3.63) is 30.6 Å². The number of hydrogen-bond donors (Lipinski definition) is 1. The largest absolute Gasteiger partial charge is 0.372 e. The second-order valence-electron chi connectivity index (χ2n) is 4.13. The van der Waals surface area contributed by atoms with E-state index in [4.69, 9.17) is 4.74 Å². The molecule has 1 amide bonds. The zero-order valence-electron chi connectivity index (χ0n) is 9.76. The van der Waals surface area contributed by atoms with Gasteiger partial charge in [0, 0.05) is 25.0 Å². The smallest absolute Gasteiger partial charge is 0.228 e. The number of H-pyrrole nitrogens is 1. The summed E-state index contributed by atoms with van der Waals surface area (Å²) < 4.78 is 5.54. The Morgan fingerprint density at radius 3 is 3.35 bits per heavy atom. The quantitative estimate of drug-likeness (QED) is 0.766. The molecule has 5 nitrogen and oxygen atoms in total. The number of aromatic amines is 1. The second kappa shape index (κ2) is 5.63. The van der Waals surface area contributed by atoms with Gasteiger partial charge in [-0.1, -0.05) is 6.08 Å². The lowest BCUT2D eigenvalue weighted by Gasteiger charge is -2.15. The maximum Gasteiger partial charge on any atom is 0.228 e. The average Bonchev–Trinajstić information content (AvgIpc) is 2.96. The summed E-state index contributed by atoms with van der Waals surface area (Å²) in [6, 6.07) is 1.82. The minimum Gasteiger partial charge on any atom is -0.372 e. The van der Waals surface area contributed by atoms with Gasteiger partial charge in [-0.15, -0.1) is 6.58 Å². The van der Waals surface area contributed by atoms with Crippen molar-refractivity contribution in [1.29, 1.82) is 0 Å². The van der Waals surface area contributed by atoms with Crippen molar-refractivity contribution in [3.63, 3.8) is 0 Å². The van der Waals surface area contributed by atoms with Crippen molar-refractivity contribution in [2.45, 2.75) is 18.9 Å². The number of rotatable bonds is 5. The number of aromatic nitrogens is 2. The fraction of sp³-hybridized carbons (Fsp3) is 0.500.